The summed E-state index contributed by atoms with van der Waals surface area (Å²) in [6, 6.07) is 0. The Bertz CT molecular complexity index is 310. The summed E-state index contributed by atoms with van der Waals surface area (Å²) >= 11 is 0. The second kappa shape index (κ2) is 9.77. The van der Waals surface area contributed by atoms with Gasteiger partial charge < -0.3 is 14.6 Å². The molecule has 0 spiro atoms. The minimum absolute atomic E-state index is 0.399. The van der Waals surface area contributed by atoms with Crippen LogP contribution in [0.4, 0.5) is 0 Å². The lowest BCUT2D eigenvalue weighted by Crippen LogP contribution is -2.23. The zero-order valence-corrected chi connectivity index (χ0v) is 13.8. The first-order chi connectivity index (χ1) is 9.71. The van der Waals surface area contributed by atoms with Crippen molar-refractivity contribution in [3.05, 3.63) is 0 Å². The maximum Gasteiger partial charge on any atom is 0.309 e. The first-order valence-electron chi connectivity index (χ1n) is 7.64. The Labute approximate surface area is 128 Å². The van der Waals surface area contributed by atoms with Gasteiger partial charge in [0, 0.05) is 13.2 Å². The van der Waals surface area contributed by atoms with Crippen LogP contribution < -0.4 is 0 Å². The number of carboxylic acid groups (broad SMARTS) is 1. The molecule has 0 fully saturated rings. The van der Waals surface area contributed by atoms with Gasteiger partial charge in [-0.1, -0.05) is 6.42 Å². The topological polar surface area (TPSA) is 72.8 Å². The maximum absolute atomic E-state index is 10.9. The smallest absolute Gasteiger partial charge is 0.309 e. The summed E-state index contributed by atoms with van der Waals surface area (Å²) in [6.07, 6.45) is 5.12. The van der Waals surface area contributed by atoms with Gasteiger partial charge in [-0.25, -0.2) is 0 Å². The van der Waals surface area contributed by atoms with Crippen molar-refractivity contribution in [1.29, 1.82) is 0 Å². The molecule has 0 heterocycles. The van der Waals surface area contributed by atoms with Crippen LogP contribution in [0.15, 0.2) is 0 Å². The Morgan fingerprint density at radius 3 is 2.00 bits per heavy atom. The van der Waals surface area contributed by atoms with E-state index in [0.717, 1.165) is 32.1 Å². The van der Waals surface area contributed by atoms with Crippen LogP contribution in [-0.4, -0.2) is 36.4 Å². The van der Waals surface area contributed by atoms with E-state index in [9.17, 15) is 9.59 Å². The Balaban J connectivity index is 3.46. The molecule has 0 saturated carbocycles. The number of carbonyl (C=O) groups excluding carboxylic acids is 1. The maximum atomic E-state index is 10.9. The molecule has 1 N–H and O–H groups in total. The van der Waals surface area contributed by atoms with Crippen LogP contribution in [0.25, 0.3) is 0 Å². The summed E-state index contributed by atoms with van der Waals surface area (Å²) in [6.45, 7) is 9.15. The molecule has 0 amide bonds. The van der Waals surface area contributed by atoms with Gasteiger partial charge in [-0.2, -0.15) is 0 Å². The molecule has 0 aliphatic heterocycles. The third kappa shape index (κ3) is 10.3. The van der Waals surface area contributed by atoms with E-state index in [0.29, 0.717) is 26.1 Å². The number of hydrogen-bond donors (Lipinski definition) is 1. The molecule has 0 aliphatic rings. The molecule has 0 aliphatic carbocycles. The second-order valence-corrected chi connectivity index (χ2v) is 6.69. The highest BCUT2D eigenvalue weighted by molar-refractivity contribution is 5.73. The van der Waals surface area contributed by atoms with Gasteiger partial charge in [0.1, 0.15) is 5.60 Å². The quantitative estimate of drug-likeness (QED) is 0.417. The van der Waals surface area contributed by atoms with Crippen LogP contribution in [0, 0.1) is 5.41 Å². The summed E-state index contributed by atoms with van der Waals surface area (Å²) in [5, 5.41) is 8.98. The minimum atomic E-state index is -0.747. The number of aliphatic carboxylic acids is 1. The zero-order chi connectivity index (χ0) is 16.4. The minimum Gasteiger partial charge on any atom is -0.481 e. The predicted octanol–water partition coefficient (Wildman–Crippen LogP) is 3.41. The molecule has 124 valence electrons. The van der Waals surface area contributed by atoms with Crippen molar-refractivity contribution >= 4 is 12.4 Å². The fourth-order valence-corrected chi connectivity index (χ4v) is 1.92. The fourth-order valence-electron chi connectivity index (χ4n) is 1.92. The van der Waals surface area contributed by atoms with Crippen molar-refractivity contribution < 1.29 is 24.2 Å². The van der Waals surface area contributed by atoms with Gasteiger partial charge in [0.2, 0.25) is 0 Å². The van der Waals surface area contributed by atoms with E-state index in [1.807, 2.05) is 13.8 Å². The van der Waals surface area contributed by atoms with Gasteiger partial charge in [-0.05, 0) is 59.8 Å². The van der Waals surface area contributed by atoms with E-state index in [1.165, 1.54) is 0 Å². The van der Waals surface area contributed by atoms with Crippen LogP contribution in [0.1, 0.15) is 66.2 Å². The lowest BCUT2D eigenvalue weighted by molar-refractivity contribution is -0.147. The van der Waals surface area contributed by atoms with E-state index in [2.05, 4.69) is 0 Å². The average Bonchev–Trinajstić information content (AvgIpc) is 2.36. The third-order valence-corrected chi connectivity index (χ3v) is 3.60. The van der Waals surface area contributed by atoms with Crippen molar-refractivity contribution in [2.45, 2.75) is 71.8 Å². The van der Waals surface area contributed by atoms with Crippen molar-refractivity contribution in [1.82, 2.24) is 0 Å². The summed E-state index contributed by atoms with van der Waals surface area (Å²) in [5.74, 6) is -0.747. The monoisotopic (exact) mass is 302 g/mol. The summed E-state index contributed by atoms with van der Waals surface area (Å²) in [4.78, 5) is 21.2. The first kappa shape index (κ1) is 19.9. The Kier molecular flexibility index (Phi) is 9.26. The van der Waals surface area contributed by atoms with E-state index in [1.54, 1.807) is 13.8 Å². The zero-order valence-electron chi connectivity index (χ0n) is 13.8. The Hall–Kier alpha value is -1.10. The molecule has 5 nitrogen and oxygen atoms in total. The third-order valence-electron chi connectivity index (χ3n) is 3.60. The van der Waals surface area contributed by atoms with Gasteiger partial charge in [0.05, 0.1) is 5.41 Å². The van der Waals surface area contributed by atoms with Crippen LogP contribution in [0.2, 0.25) is 0 Å². The summed E-state index contributed by atoms with van der Waals surface area (Å²) < 4.78 is 10.5. The number of carboxylic acids is 1. The lowest BCUT2D eigenvalue weighted by Gasteiger charge is -2.22. The highest BCUT2D eigenvalue weighted by atomic mass is 16.5. The Morgan fingerprint density at radius 2 is 1.52 bits per heavy atom. The number of ether oxygens (including phenoxy) is 2. The van der Waals surface area contributed by atoms with Crippen LogP contribution in [-0.2, 0) is 19.1 Å². The number of unbranched alkanes of at least 4 members (excludes halogenated alkanes) is 2. The first-order valence-corrected chi connectivity index (χ1v) is 7.64. The highest BCUT2D eigenvalue weighted by Crippen LogP contribution is 2.23. The SMILES string of the molecule is CC(C)(CCCCOCCCCC(C)(C)C(=O)O)OC=O. The van der Waals surface area contributed by atoms with Crippen LogP contribution >= 0.6 is 0 Å². The summed E-state index contributed by atoms with van der Waals surface area (Å²) in [5.41, 5.74) is -1.05. The fraction of sp³-hybridized carbons (Fsp3) is 0.875. The molecule has 0 bridgehead atoms. The van der Waals surface area contributed by atoms with Gasteiger partial charge in [0.15, 0.2) is 0 Å². The molecule has 0 saturated heterocycles. The van der Waals surface area contributed by atoms with Gasteiger partial charge in [-0.3, -0.25) is 9.59 Å². The predicted molar refractivity (Wildman–Crippen MR) is 81.2 cm³/mol. The molecular weight excluding hydrogens is 272 g/mol. The molecule has 0 rings (SSSR count). The molecule has 0 unspecified atom stereocenters. The van der Waals surface area contributed by atoms with Crippen molar-refractivity contribution in [2.24, 2.45) is 5.41 Å². The Morgan fingerprint density at radius 1 is 1.00 bits per heavy atom. The molecule has 5 heteroatoms. The van der Waals surface area contributed by atoms with Crippen molar-refractivity contribution in [2.75, 3.05) is 13.2 Å². The number of rotatable bonds is 13. The van der Waals surface area contributed by atoms with Gasteiger partial charge >= 0.3 is 5.97 Å². The van der Waals surface area contributed by atoms with Gasteiger partial charge in [0.25, 0.3) is 6.47 Å². The van der Waals surface area contributed by atoms with E-state index in [-0.39, 0.29) is 0 Å². The molecule has 0 aromatic rings. The standard InChI is InChI=1S/C16H30O5/c1-15(2,14(18)19)9-5-7-11-20-12-8-6-10-16(3,4)21-13-17/h13H,5-12H2,1-4H3,(H,18,19). The number of hydrogen-bond acceptors (Lipinski definition) is 4. The molecule has 0 atom stereocenters. The number of carbonyl (C=O) groups is 2. The molecular formula is C16H30O5. The van der Waals surface area contributed by atoms with Gasteiger partial charge in [-0.15, -0.1) is 0 Å². The molecule has 0 radical (unpaired) electrons. The molecule has 0 aromatic carbocycles. The molecule has 21 heavy (non-hydrogen) atoms. The van der Waals surface area contributed by atoms with E-state index < -0.39 is 17.0 Å². The normalized spacial score (nSPS) is 12.2. The molecule has 0 aromatic heterocycles. The van der Waals surface area contributed by atoms with Crippen molar-refractivity contribution in [3.63, 3.8) is 0 Å². The average molecular weight is 302 g/mol. The largest absolute Gasteiger partial charge is 0.481 e. The highest BCUT2D eigenvalue weighted by Gasteiger charge is 2.25. The van der Waals surface area contributed by atoms with Crippen molar-refractivity contribution in [3.8, 4) is 0 Å². The van der Waals surface area contributed by atoms with Crippen LogP contribution in [0.5, 0.6) is 0 Å². The second-order valence-electron chi connectivity index (χ2n) is 6.69. The van der Waals surface area contributed by atoms with E-state index in [4.69, 9.17) is 14.6 Å². The van der Waals surface area contributed by atoms with E-state index >= 15 is 0 Å². The summed E-state index contributed by atoms with van der Waals surface area (Å²) in [7, 11) is 0. The van der Waals surface area contributed by atoms with Crippen LogP contribution in [0.3, 0.4) is 0 Å². The lowest BCUT2D eigenvalue weighted by atomic mass is 9.87.